The average Bonchev–Trinajstić information content (AvgIpc) is 2.02. The molecule has 0 aliphatic rings. The number of aliphatic hydroxyl groups excluding tert-OH is 2. The number of methoxy groups -OCH3 is 1. The van der Waals surface area contributed by atoms with E-state index in [4.69, 9.17) is 10.2 Å². The number of hydrogen-bond acceptors (Lipinski definition) is 4. The Labute approximate surface area is 65.1 Å². The first-order valence-electron chi connectivity index (χ1n) is 3.19. The van der Waals surface area contributed by atoms with E-state index in [9.17, 15) is 4.79 Å². The van der Waals surface area contributed by atoms with Crippen LogP contribution in [0.2, 0.25) is 0 Å². The van der Waals surface area contributed by atoms with Crippen molar-refractivity contribution in [2.75, 3.05) is 13.7 Å². The molecule has 0 saturated heterocycles. The third kappa shape index (κ3) is 3.15. The van der Waals surface area contributed by atoms with Crippen molar-refractivity contribution in [2.45, 2.75) is 12.5 Å². The van der Waals surface area contributed by atoms with Crippen LogP contribution in [0.5, 0.6) is 0 Å². The van der Waals surface area contributed by atoms with Crippen LogP contribution >= 0.6 is 0 Å². The van der Waals surface area contributed by atoms with Gasteiger partial charge in [0.2, 0.25) is 0 Å². The molecule has 1 atom stereocenters. The lowest BCUT2D eigenvalue weighted by Crippen LogP contribution is -2.19. The maximum absolute atomic E-state index is 10.7. The Morgan fingerprint density at radius 3 is 2.64 bits per heavy atom. The molecule has 0 fully saturated rings. The molecule has 0 rings (SSSR count). The Bertz CT molecular complexity index is 153. The molecular weight excluding hydrogens is 148 g/mol. The Balaban J connectivity index is 3.91. The van der Waals surface area contributed by atoms with E-state index < -0.39 is 12.1 Å². The molecule has 4 heteroatoms. The summed E-state index contributed by atoms with van der Waals surface area (Å²) in [6.07, 6.45) is -0.902. The number of carbonyl (C=O) groups is 1. The van der Waals surface area contributed by atoms with Gasteiger partial charge in [0.1, 0.15) is 0 Å². The summed E-state index contributed by atoms with van der Waals surface area (Å²) in [5, 5.41) is 17.4. The largest absolute Gasteiger partial charge is 0.466 e. The molecular formula is C7H12O4. The van der Waals surface area contributed by atoms with Crippen molar-refractivity contribution in [1.82, 2.24) is 0 Å². The third-order valence-corrected chi connectivity index (χ3v) is 1.25. The molecule has 0 spiro atoms. The molecule has 0 aromatic heterocycles. The first kappa shape index (κ1) is 10.1. The third-order valence-electron chi connectivity index (χ3n) is 1.25. The van der Waals surface area contributed by atoms with E-state index in [1.165, 1.54) is 7.11 Å². The summed E-state index contributed by atoms with van der Waals surface area (Å²) in [7, 11) is 1.21. The van der Waals surface area contributed by atoms with Crippen molar-refractivity contribution in [1.29, 1.82) is 0 Å². The zero-order valence-corrected chi connectivity index (χ0v) is 6.41. The summed E-state index contributed by atoms with van der Waals surface area (Å²) >= 11 is 0. The number of carbonyl (C=O) groups excluding carboxylic acids is 1. The fraction of sp³-hybridized carbons (Fsp3) is 0.571. The van der Waals surface area contributed by atoms with Gasteiger partial charge in [-0.25, -0.2) is 4.79 Å². The van der Waals surface area contributed by atoms with Gasteiger partial charge in [0.25, 0.3) is 0 Å². The molecule has 0 radical (unpaired) electrons. The second kappa shape index (κ2) is 4.87. The van der Waals surface area contributed by atoms with Crippen LogP contribution in [0.1, 0.15) is 6.42 Å². The minimum Gasteiger partial charge on any atom is -0.466 e. The number of esters is 1. The number of rotatable bonds is 4. The zero-order valence-electron chi connectivity index (χ0n) is 6.41. The molecule has 0 amide bonds. The van der Waals surface area contributed by atoms with E-state index in [1.54, 1.807) is 0 Å². The highest BCUT2D eigenvalue weighted by Crippen LogP contribution is 2.04. The smallest absolute Gasteiger partial charge is 0.335 e. The molecule has 0 aliphatic heterocycles. The predicted molar refractivity (Wildman–Crippen MR) is 38.9 cm³/mol. The SMILES string of the molecule is C=C(C(=O)OC)C(O)CCO. The summed E-state index contributed by atoms with van der Waals surface area (Å²) < 4.78 is 4.30. The van der Waals surface area contributed by atoms with Crippen molar-refractivity contribution in [3.8, 4) is 0 Å². The zero-order chi connectivity index (χ0) is 8.85. The maximum atomic E-state index is 10.7. The van der Waals surface area contributed by atoms with Gasteiger partial charge >= 0.3 is 5.97 Å². The van der Waals surface area contributed by atoms with E-state index in [-0.39, 0.29) is 18.6 Å². The summed E-state index contributed by atoms with van der Waals surface area (Å²) in [5.41, 5.74) is -0.0263. The molecule has 1 unspecified atom stereocenters. The lowest BCUT2D eigenvalue weighted by atomic mass is 10.1. The number of ether oxygens (including phenoxy) is 1. The number of aliphatic hydroxyl groups is 2. The molecule has 0 bridgehead atoms. The van der Waals surface area contributed by atoms with E-state index in [0.29, 0.717) is 0 Å². The minimum absolute atomic E-state index is 0.0263. The first-order valence-corrected chi connectivity index (χ1v) is 3.19. The summed E-state index contributed by atoms with van der Waals surface area (Å²) in [5.74, 6) is -0.647. The number of hydrogen-bond donors (Lipinski definition) is 2. The molecule has 64 valence electrons. The molecule has 2 N–H and O–H groups in total. The first-order chi connectivity index (χ1) is 5.13. The van der Waals surface area contributed by atoms with E-state index in [2.05, 4.69) is 11.3 Å². The minimum atomic E-state index is -1.01. The van der Waals surface area contributed by atoms with Crippen LogP contribution in [0, 0.1) is 0 Å². The molecule has 0 aliphatic carbocycles. The molecule has 11 heavy (non-hydrogen) atoms. The Morgan fingerprint density at radius 1 is 1.73 bits per heavy atom. The summed E-state index contributed by atoms with van der Waals surface area (Å²) in [6.45, 7) is 3.12. The van der Waals surface area contributed by atoms with Gasteiger partial charge in [0, 0.05) is 13.0 Å². The van der Waals surface area contributed by atoms with Crippen LogP contribution < -0.4 is 0 Å². The molecule has 4 nitrogen and oxygen atoms in total. The highest BCUT2D eigenvalue weighted by Gasteiger charge is 2.15. The standard InChI is InChI=1S/C7H12O4/c1-5(7(10)11-2)6(9)3-4-8/h6,8-9H,1,3-4H2,2H3. The quantitative estimate of drug-likeness (QED) is 0.428. The monoisotopic (exact) mass is 160 g/mol. The lowest BCUT2D eigenvalue weighted by Gasteiger charge is -2.09. The molecule has 0 aromatic carbocycles. The highest BCUT2D eigenvalue weighted by atomic mass is 16.5. The molecule has 0 saturated carbocycles. The second-order valence-corrected chi connectivity index (χ2v) is 2.04. The van der Waals surface area contributed by atoms with Crippen molar-refractivity contribution < 1.29 is 19.7 Å². The Kier molecular flexibility index (Phi) is 4.49. The van der Waals surface area contributed by atoms with Crippen molar-refractivity contribution in [3.05, 3.63) is 12.2 Å². The van der Waals surface area contributed by atoms with Crippen LogP contribution in [0.25, 0.3) is 0 Å². The van der Waals surface area contributed by atoms with Crippen molar-refractivity contribution in [3.63, 3.8) is 0 Å². The van der Waals surface area contributed by atoms with Gasteiger partial charge in [-0.05, 0) is 0 Å². The average molecular weight is 160 g/mol. The van der Waals surface area contributed by atoms with Crippen LogP contribution in [0.4, 0.5) is 0 Å². The van der Waals surface area contributed by atoms with Gasteiger partial charge in [0.05, 0.1) is 18.8 Å². The van der Waals surface area contributed by atoms with Gasteiger partial charge in [-0.2, -0.15) is 0 Å². The predicted octanol–water partition coefficient (Wildman–Crippen LogP) is -0.541. The van der Waals surface area contributed by atoms with E-state index >= 15 is 0 Å². The van der Waals surface area contributed by atoms with Gasteiger partial charge in [-0.3, -0.25) is 0 Å². The van der Waals surface area contributed by atoms with Gasteiger partial charge in [-0.15, -0.1) is 0 Å². The van der Waals surface area contributed by atoms with Crippen LogP contribution in [-0.2, 0) is 9.53 Å². The lowest BCUT2D eigenvalue weighted by molar-refractivity contribution is -0.137. The Hall–Kier alpha value is -0.870. The van der Waals surface area contributed by atoms with E-state index in [0.717, 1.165) is 0 Å². The highest BCUT2D eigenvalue weighted by molar-refractivity contribution is 5.88. The maximum Gasteiger partial charge on any atom is 0.335 e. The van der Waals surface area contributed by atoms with Gasteiger partial charge in [0.15, 0.2) is 0 Å². The van der Waals surface area contributed by atoms with Crippen molar-refractivity contribution in [2.24, 2.45) is 0 Å². The topological polar surface area (TPSA) is 66.8 Å². The summed E-state index contributed by atoms with van der Waals surface area (Å²) in [4.78, 5) is 10.7. The van der Waals surface area contributed by atoms with E-state index in [1.807, 2.05) is 0 Å². The van der Waals surface area contributed by atoms with Crippen LogP contribution in [-0.4, -0.2) is 36.0 Å². The van der Waals surface area contributed by atoms with Crippen LogP contribution in [0.15, 0.2) is 12.2 Å². The van der Waals surface area contributed by atoms with Gasteiger partial charge < -0.3 is 14.9 Å². The normalized spacial score (nSPS) is 12.3. The van der Waals surface area contributed by atoms with Gasteiger partial charge in [-0.1, -0.05) is 6.58 Å². The fourth-order valence-corrected chi connectivity index (χ4v) is 0.564. The second-order valence-electron chi connectivity index (χ2n) is 2.04. The summed E-state index contributed by atoms with van der Waals surface area (Å²) in [6, 6.07) is 0. The fourth-order valence-electron chi connectivity index (χ4n) is 0.564. The Morgan fingerprint density at radius 2 is 2.27 bits per heavy atom. The van der Waals surface area contributed by atoms with Crippen LogP contribution in [0.3, 0.4) is 0 Å². The molecule has 0 aromatic rings. The molecule has 0 heterocycles. The van der Waals surface area contributed by atoms with Crippen molar-refractivity contribution >= 4 is 5.97 Å².